The molecule has 0 saturated carbocycles. The highest BCUT2D eigenvalue weighted by Crippen LogP contribution is 2.18. The fourth-order valence-electron chi connectivity index (χ4n) is 2.75. The molecule has 0 fully saturated rings. The fourth-order valence-corrected chi connectivity index (χ4v) is 2.75. The number of carbonyl (C=O) groups excluding carboxylic acids is 2. The van der Waals surface area contributed by atoms with Gasteiger partial charge in [0.2, 0.25) is 5.91 Å². The number of nitrogens with one attached hydrogen (secondary N) is 3. The van der Waals surface area contributed by atoms with E-state index in [0.29, 0.717) is 12.1 Å². The Morgan fingerprint density at radius 2 is 1.54 bits per heavy atom. The van der Waals surface area contributed by atoms with Crippen LogP contribution in [0.5, 0.6) is 0 Å². The third kappa shape index (κ3) is 6.87. The first-order chi connectivity index (χ1) is 12.8. The van der Waals surface area contributed by atoms with E-state index in [1.807, 2.05) is 56.3 Å². The van der Waals surface area contributed by atoms with Crippen LogP contribution in [0.4, 0.5) is 16.2 Å². The molecule has 0 spiro atoms. The van der Waals surface area contributed by atoms with Gasteiger partial charge in [-0.05, 0) is 50.1 Å². The van der Waals surface area contributed by atoms with E-state index in [1.165, 1.54) is 0 Å². The van der Waals surface area contributed by atoms with Gasteiger partial charge in [0.05, 0.1) is 11.6 Å². The van der Waals surface area contributed by atoms with Crippen molar-refractivity contribution in [2.24, 2.45) is 5.73 Å². The molecule has 0 heterocycles. The van der Waals surface area contributed by atoms with E-state index in [9.17, 15) is 9.59 Å². The van der Waals surface area contributed by atoms with Crippen LogP contribution in [-0.2, 0) is 4.79 Å². The lowest BCUT2D eigenvalue weighted by Gasteiger charge is -2.25. The van der Waals surface area contributed by atoms with Crippen molar-refractivity contribution in [1.29, 1.82) is 0 Å². The molecule has 28 heavy (non-hydrogen) atoms. The van der Waals surface area contributed by atoms with Crippen LogP contribution in [0.2, 0.25) is 0 Å². The standard InChI is InChI=1S/C21H28N4O2.ClH/c1-4-14-21(3,22)19(26)23-15(2)16-10-12-18(13-11-16)25-20(27)24-17-8-6-5-7-9-17;/h5-13,15H,4,14,22H2,1-3H3,(H,23,26)(H2,24,25,27);1H. The first-order valence-corrected chi connectivity index (χ1v) is 9.14. The molecule has 152 valence electrons. The zero-order valence-electron chi connectivity index (χ0n) is 16.5. The minimum Gasteiger partial charge on any atom is -0.348 e. The van der Waals surface area contributed by atoms with Gasteiger partial charge in [-0.1, -0.05) is 43.7 Å². The largest absolute Gasteiger partial charge is 0.348 e. The van der Waals surface area contributed by atoms with E-state index in [2.05, 4.69) is 16.0 Å². The van der Waals surface area contributed by atoms with Crippen LogP contribution in [-0.4, -0.2) is 17.5 Å². The van der Waals surface area contributed by atoms with Crippen molar-refractivity contribution in [3.05, 3.63) is 60.2 Å². The Labute approximate surface area is 172 Å². The summed E-state index contributed by atoms with van der Waals surface area (Å²) in [4.78, 5) is 24.3. The number of urea groups is 1. The Bertz CT molecular complexity index is 764. The molecule has 0 aliphatic carbocycles. The van der Waals surface area contributed by atoms with Crippen molar-refractivity contribution in [3.63, 3.8) is 0 Å². The molecule has 2 aromatic rings. The summed E-state index contributed by atoms with van der Waals surface area (Å²) in [6, 6.07) is 16.1. The molecule has 5 N–H and O–H groups in total. The van der Waals surface area contributed by atoms with Gasteiger partial charge < -0.3 is 21.7 Å². The van der Waals surface area contributed by atoms with E-state index >= 15 is 0 Å². The minimum atomic E-state index is -0.875. The lowest BCUT2D eigenvalue weighted by Crippen LogP contribution is -2.52. The number of hydrogen-bond acceptors (Lipinski definition) is 3. The summed E-state index contributed by atoms with van der Waals surface area (Å²) in [5.74, 6) is -0.165. The number of amides is 3. The molecule has 0 aromatic heterocycles. The van der Waals surface area contributed by atoms with Crippen LogP contribution in [0.25, 0.3) is 0 Å². The number of anilines is 2. The number of benzene rings is 2. The number of hydrogen-bond donors (Lipinski definition) is 4. The van der Waals surface area contributed by atoms with Crippen molar-refractivity contribution in [2.45, 2.75) is 45.2 Å². The lowest BCUT2D eigenvalue weighted by atomic mass is 9.95. The van der Waals surface area contributed by atoms with Crippen molar-refractivity contribution in [1.82, 2.24) is 5.32 Å². The SMILES string of the molecule is CCCC(C)(N)C(=O)NC(C)c1ccc(NC(=O)Nc2ccccc2)cc1.Cl. The average Bonchev–Trinajstić information content (AvgIpc) is 2.63. The first kappa shape index (κ1) is 23.5. The molecule has 2 unspecified atom stereocenters. The molecule has 0 aliphatic rings. The maximum Gasteiger partial charge on any atom is 0.323 e. The zero-order valence-corrected chi connectivity index (χ0v) is 17.3. The summed E-state index contributed by atoms with van der Waals surface area (Å²) in [6.07, 6.45) is 1.48. The molecule has 0 radical (unpaired) electrons. The van der Waals surface area contributed by atoms with Gasteiger partial charge in [-0.15, -0.1) is 12.4 Å². The summed E-state index contributed by atoms with van der Waals surface area (Å²) in [6.45, 7) is 5.66. The Kier molecular flexibility index (Phi) is 8.96. The number of para-hydroxylation sites is 1. The Balaban J connectivity index is 0.00000392. The predicted molar refractivity (Wildman–Crippen MR) is 117 cm³/mol. The molecule has 2 atom stereocenters. The van der Waals surface area contributed by atoms with Crippen LogP contribution in [0.1, 0.15) is 45.2 Å². The quantitative estimate of drug-likeness (QED) is 0.549. The van der Waals surface area contributed by atoms with Gasteiger partial charge in [-0.3, -0.25) is 4.79 Å². The highest BCUT2D eigenvalue weighted by Gasteiger charge is 2.28. The molecule has 3 amide bonds. The van der Waals surface area contributed by atoms with Crippen LogP contribution < -0.4 is 21.7 Å². The maximum absolute atomic E-state index is 12.3. The second-order valence-electron chi connectivity index (χ2n) is 6.93. The average molecular weight is 405 g/mol. The number of carbonyl (C=O) groups is 2. The molecular weight excluding hydrogens is 376 g/mol. The summed E-state index contributed by atoms with van der Waals surface area (Å²) in [5, 5.41) is 8.49. The van der Waals surface area contributed by atoms with E-state index < -0.39 is 5.54 Å². The topological polar surface area (TPSA) is 96.2 Å². The van der Waals surface area contributed by atoms with Crippen molar-refractivity contribution in [2.75, 3.05) is 10.6 Å². The minimum absolute atomic E-state index is 0. The van der Waals surface area contributed by atoms with Crippen LogP contribution in [0.15, 0.2) is 54.6 Å². The van der Waals surface area contributed by atoms with Gasteiger partial charge in [-0.25, -0.2) is 4.79 Å². The summed E-state index contributed by atoms with van der Waals surface area (Å²) in [7, 11) is 0. The van der Waals surface area contributed by atoms with E-state index in [4.69, 9.17) is 5.73 Å². The Morgan fingerprint density at radius 3 is 2.07 bits per heavy atom. The highest BCUT2D eigenvalue weighted by molar-refractivity contribution is 5.99. The van der Waals surface area contributed by atoms with Gasteiger partial charge in [0.1, 0.15) is 0 Å². The molecule has 0 bridgehead atoms. The normalized spacial score (nSPS) is 13.4. The molecular formula is C21H29ClN4O2. The molecule has 0 aliphatic heterocycles. The lowest BCUT2D eigenvalue weighted by molar-refractivity contribution is -0.126. The maximum atomic E-state index is 12.3. The first-order valence-electron chi connectivity index (χ1n) is 9.14. The number of halogens is 1. The third-order valence-corrected chi connectivity index (χ3v) is 4.34. The molecule has 7 heteroatoms. The van der Waals surface area contributed by atoms with Gasteiger partial charge in [0.15, 0.2) is 0 Å². The third-order valence-electron chi connectivity index (χ3n) is 4.34. The second kappa shape index (κ2) is 10.7. The summed E-state index contributed by atoms with van der Waals surface area (Å²) in [5.41, 5.74) is 7.52. The van der Waals surface area contributed by atoms with Gasteiger partial charge in [0.25, 0.3) is 0 Å². The zero-order chi connectivity index (χ0) is 19.9. The van der Waals surface area contributed by atoms with E-state index in [0.717, 1.165) is 17.7 Å². The predicted octanol–water partition coefficient (Wildman–Crippen LogP) is 4.45. The molecule has 2 aromatic carbocycles. The summed E-state index contributed by atoms with van der Waals surface area (Å²) < 4.78 is 0. The van der Waals surface area contributed by atoms with Gasteiger partial charge >= 0.3 is 6.03 Å². The molecule has 0 saturated heterocycles. The Morgan fingerprint density at radius 1 is 1.00 bits per heavy atom. The Hall–Kier alpha value is -2.57. The monoisotopic (exact) mass is 404 g/mol. The van der Waals surface area contributed by atoms with Crippen LogP contribution in [0.3, 0.4) is 0 Å². The summed E-state index contributed by atoms with van der Waals surface area (Å²) >= 11 is 0. The second-order valence-corrected chi connectivity index (χ2v) is 6.93. The van der Waals surface area contributed by atoms with Gasteiger partial charge in [-0.2, -0.15) is 0 Å². The molecule has 2 rings (SSSR count). The molecule has 6 nitrogen and oxygen atoms in total. The van der Waals surface area contributed by atoms with Crippen LogP contribution >= 0.6 is 12.4 Å². The van der Waals surface area contributed by atoms with Crippen molar-refractivity contribution < 1.29 is 9.59 Å². The van der Waals surface area contributed by atoms with Crippen molar-refractivity contribution in [3.8, 4) is 0 Å². The smallest absolute Gasteiger partial charge is 0.323 e. The number of nitrogens with two attached hydrogens (primary N) is 1. The number of rotatable bonds is 7. The van der Waals surface area contributed by atoms with Gasteiger partial charge in [0, 0.05) is 11.4 Å². The highest BCUT2D eigenvalue weighted by atomic mass is 35.5. The van der Waals surface area contributed by atoms with Crippen LogP contribution in [0, 0.1) is 0 Å². The van der Waals surface area contributed by atoms with E-state index in [1.54, 1.807) is 19.1 Å². The fraction of sp³-hybridized carbons (Fsp3) is 0.333. The van der Waals surface area contributed by atoms with E-state index in [-0.39, 0.29) is 30.4 Å². The van der Waals surface area contributed by atoms with Crippen molar-refractivity contribution >= 4 is 35.7 Å².